The van der Waals surface area contributed by atoms with Crippen molar-refractivity contribution in [3.05, 3.63) is 70.2 Å². The Hall–Kier alpha value is -3.01. The zero-order valence-electron chi connectivity index (χ0n) is 28.1. The zero-order chi connectivity index (χ0) is 37.2. The fourth-order valence-electron chi connectivity index (χ4n) is 6.69. The second-order valence-electron chi connectivity index (χ2n) is 12.7. The number of hydrogen-bond acceptors (Lipinski definition) is 16. The van der Waals surface area contributed by atoms with Crippen LogP contribution in [0.15, 0.2) is 54.1 Å². The molecule has 10 atom stereocenters. The van der Waals surface area contributed by atoms with Gasteiger partial charge in [-0.2, -0.15) is 0 Å². The highest BCUT2D eigenvalue weighted by molar-refractivity contribution is 8.07. The lowest BCUT2D eigenvalue weighted by molar-refractivity contribution is -0.0601. The largest absolute Gasteiger partial charge is 0.349 e. The quantitative estimate of drug-likeness (QED) is 0.221. The molecule has 2 unspecified atom stereocenters. The summed E-state index contributed by atoms with van der Waals surface area (Å²) in [6, 6.07) is 8.53. The van der Waals surface area contributed by atoms with Crippen molar-refractivity contribution in [2.45, 2.75) is 57.6 Å². The van der Waals surface area contributed by atoms with Crippen LogP contribution < -0.4 is 10.2 Å². The number of ether oxygens (including phenoxy) is 2. The van der Waals surface area contributed by atoms with Crippen molar-refractivity contribution in [2.24, 2.45) is 11.8 Å². The first-order chi connectivity index (χ1) is 25.3. The van der Waals surface area contributed by atoms with Crippen LogP contribution in [-0.2, 0) is 51.2 Å². The molecule has 8 rings (SSSR count). The molecular weight excluding hydrogens is 791 g/mol. The van der Waals surface area contributed by atoms with Crippen molar-refractivity contribution in [3.63, 3.8) is 0 Å². The molecule has 3 saturated heterocycles. The van der Waals surface area contributed by atoms with Crippen LogP contribution in [0.5, 0.6) is 0 Å². The summed E-state index contributed by atoms with van der Waals surface area (Å²) >= 11 is 11.8. The summed E-state index contributed by atoms with van der Waals surface area (Å²) in [4.78, 5) is 70.5. The second kappa shape index (κ2) is 14.2. The number of carbonyl (C=O) groups is 1. The molecule has 3 N–H and O–H groups in total. The van der Waals surface area contributed by atoms with Crippen molar-refractivity contribution in [1.82, 2.24) is 34.1 Å². The maximum Gasteiger partial charge on any atom is 0.325 e. The van der Waals surface area contributed by atoms with E-state index in [1.54, 1.807) is 48.1 Å². The fourth-order valence-corrected chi connectivity index (χ4v) is 10.6. The molecule has 53 heavy (non-hydrogen) atoms. The number of carbonyl (C=O) groups excluding carboxylic acids is 1. The summed E-state index contributed by atoms with van der Waals surface area (Å²) in [7, 11) is 0. The van der Waals surface area contributed by atoms with Crippen molar-refractivity contribution in [1.29, 1.82) is 0 Å². The number of fused-ring (bicyclic) bond motifs is 5. The minimum Gasteiger partial charge on any atom is -0.349 e. The van der Waals surface area contributed by atoms with Gasteiger partial charge in [-0.3, -0.25) is 18.7 Å². The number of benzene rings is 1. The molecule has 280 valence electrons. The Morgan fingerprint density at radius 3 is 2.30 bits per heavy atom. The molecule has 5 aromatic rings. The van der Waals surface area contributed by atoms with Crippen LogP contribution in [0, 0.1) is 18.8 Å². The highest BCUT2D eigenvalue weighted by atomic mass is 32.5. The molecule has 1 aromatic carbocycles. The molecule has 4 aromatic heterocycles. The summed E-state index contributed by atoms with van der Waals surface area (Å²) in [5.41, 5.74) is 2.34. The smallest absolute Gasteiger partial charge is 0.325 e. The summed E-state index contributed by atoms with van der Waals surface area (Å²) < 4.78 is 40.0. The lowest BCUT2D eigenvalue weighted by Gasteiger charge is -2.28. The average Bonchev–Trinajstić information content (AvgIpc) is 3.86. The molecule has 0 aliphatic carbocycles. The maximum atomic E-state index is 13.7. The summed E-state index contributed by atoms with van der Waals surface area (Å²) in [6.45, 7) is -3.21. The molecular formula is C30H32N8O10P2S3. The highest BCUT2D eigenvalue weighted by Crippen LogP contribution is 2.55. The van der Waals surface area contributed by atoms with Crippen LogP contribution in [0.25, 0.3) is 21.5 Å². The Morgan fingerprint density at radius 2 is 1.55 bits per heavy atom. The molecule has 23 heteroatoms. The molecule has 3 aliphatic heterocycles. The summed E-state index contributed by atoms with van der Waals surface area (Å²) in [6.07, 6.45) is -1.37. The lowest BCUT2D eigenvalue weighted by atomic mass is 10.0. The van der Waals surface area contributed by atoms with Crippen molar-refractivity contribution < 1.29 is 42.2 Å². The van der Waals surface area contributed by atoms with Gasteiger partial charge in [-0.05, 0) is 42.7 Å². The van der Waals surface area contributed by atoms with Crippen LogP contribution in [0.3, 0.4) is 0 Å². The Bertz CT molecular complexity index is 2360. The molecule has 18 nitrogen and oxygen atoms in total. The summed E-state index contributed by atoms with van der Waals surface area (Å²) in [5, 5.41) is 2.74. The Labute approximate surface area is 314 Å². The van der Waals surface area contributed by atoms with E-state index in [0.717, 1.165) is 11.3 Å². The van der Waals surface area contributed by atoms with Gasteiger partial charge in [-0.15, -0.1) is 0 Å². The predicted octanol–water partition coefficient (Wildman–Crippen LogP) is 3.57. The van der Waals surface area contributed by atoms with E-state index < -0.39 is 72.9 Å². The number of thiazole rings is 1. The van der Waals surface area contributed by atoms with E-state index in [0.29, 0.717) is 22.4 Å². The average molecular weight is 823 g/mol. The van der Waals surface area contributed by atoms with E-state index in [9.17, 15) is 19.4 Å². The first kappa shape index (κ1) is 36.9. The van der Waals surface area contributed by atoms with Crippen LogP contribution in [0.1, 0.15) is 42.4 Å². The number of imidazole rings is 1. The number of nitrogens with zero attached hydrogens (tertiary/aromatic N) is 7. The first-order valence-corrected chi connectivity index (χ1v) is 22.3. The maximum absolute atomic E-state index is 13.7. The van der Waals surface area contributed by atoms with Crippen LogP contribution in [-0.4, -0.2) is 87.4 Å². The van der Waals surface area contributed by atoms with Crippen molar-refractivity contribution in [3.8, 4) is 0 Å². The van der Waals surface area contributed by atoms with Crippen LogP contribution in [0.2, 0.25) is 0 Å². The molecule has 3 aliphatic rings. The van der Waals surface area contributed by atoms with Gasteiger partial charge in [0.1, 0.15) is 47.4 Å². The van der Waals surface area contributed by atoms with E-state index in [-0.39, 0.29) is 29.4 Å². The molecule has 0 radical (unpaired) electrons. The topological polar surface area (TPSA) is 216 Å². The Morgan fingerprint density at radius 1 is 0.887 bits per heavy atom. The Balaban J connectivity index is 1.09. The summed E-state index contributed by atoms with van der Waals surface area (Å²) in [5.74, 6) is -1.35. The van der Waals surface area contributed by atoms with Gasteiger partial charge in [0.2, 0.25) is 0 Å². The second-order valence-corrected chi connectivity index (χ2v) is 19.3. The number of nitrogens with one attached hydrogen (secondary N) is 1. The van der Waals surface area contributed by atoms with Crippen molar-refractivity contribution in [2.75, 3.05) is 18.5 Å². The number of anilines is 1. The van der Waals surface area contributed by atoms with Gasteiger partial charge in [0.05, 0.1) is 31.3 Å². The standard InChI is InChI=1S/C30H32N8O10P2S3/c1-14-18-9-43-49(41,51)47-21-15(2)28(37-13-35-20-16(3)31-11-33-25(20)37)46-19(21)10-44-50(42,52)48-22(14)29(45-18)38-26-23(53-30(38)40)24(32-12-34-26)36-27(39)17-7-5-4-6-8-17/h4-8,11-15,18-19,21-22,28-29H,9-10H2,1-3H3,(H,41,51)(H,42,52)(H,32,34,36,39)/t14-,15-,18-,19-,21+,22-,28-,29-,49?,50?/m1/s1. The third-order valence-corrected chi connectivity index (χ3v) is 13.5. The fraction of sp³-hybridized carbons (Fsp3) is 0.433. The minimum atomic E-state index is -4.08. The predicted molar refractivity (Wildman–Crippen MR) is 197 cm³/mol. The molecule has 2 bridgehead atoms. The monoisotopic (exact) mass is 822 g/mol. The molecule has 3 fully saturated rings. The normalized spacial score (nSPS) is 33.6. The number of hydrogen-bond donors (Lipinski definition) is 3. The number of rotatable bonds is 4. The van der Waals surface area contributed by atoms with Gasteiger partial charge in [-0.1, -0.05) is 43.4 Å². The molecule has 7 heterocycles. The number of amides is 1. The van der Waals surface area contributed by atoms with Crippen LogP contribution >= 0.6 is 24.8 Å². The SMILES string of the molecule is Cc1ncnc2c1ncn2[C@@H]1O[C@@H]2COP(O)(=S)O[C@@H]3[C@H](C)[C@@H](COP(O)(=S)O[C@H]2[C@H]1C)O[C@H]3n1c(=O)sc2c(NC(=O)c3ccccc3)ncnc21. The van der Waals surface area contributed by atoms with Gasteiger partial charge < -0.3 is 42.7 Å². The molecule has 0 spiro atoms. The van der Waals surface area contributed by atoms with Crippen LogP contribution in [0.4, 0.5) is 5.82 Å². The van der Waals surface area contributed by atoms with Gasteiger partial charge in [-0.25, -0.2) is 24.9 Å². The van der Waals surface area contributed by atoms with Gasteiger partial charge in [0.25, 0.3) is 5.91 Å². The van der Waals surface area contributed by atoms with E-state index in [1.807, 2.05) is 13.8 Å². The number of aryl methyl sites for hydroxylation is 1. The highest BCUT2D eigenvalue weighted by Gasteiger charge is 2.51. The Kier molecular flexibility index (Phi) is 9.93. The minimum absolute atomic E-state index is 0.119. The zero-order valence-corrected chi connectivity index (χ0v) is 32.3. The third-order valence-electron chi connectivity index (χ3n) is 9.40. The molecule has 0 saturated carbocycles. The molecule has 1 amide bonds. The van der Waals surface area contributed by atoms with Crippen molar-refractivity contribution >= 4 is 81.6 Å². The lowest BCUT2D eigenvalue weighted by Crippen LogP contribution is -2.33. The van der Waals surface area contributed by atoms with Gasteiger partial charge in [0.15, 0.2) is 23.3 Å². The first-order valence-electron chi connectivity index (χ1n) is 16.3. The number of aromatic nitrogens is 7. The van der Waals surface area contributed by atoms with Gasteiger partial charge >= 0.3 is 18.3 Å². The third kappa shape index (κ3) is 7.04. The van der Waals surface area contributed by atoms with Gasteiger partial charge in [0, 0.05) is 17.4 Å². The van der Waals surface area contributed by atoms with E-state index in [4.69, 9.17) is 51.2 Å². The van der Waals surface area contributed by atoms with E-state index in [1.165, 1.54) is 17.2 Å². The van der Waals surface area contributed by atoms with E-state index in [2.05, 4.69) is 30.2 Å². The van der Waals surface area contributed by atoms with E-state index >= 15 is 0 Å².